The van der Waals surface area contributed by atoms with Gasteiger partial charge in [-0.15, -0.1) is 0 Å². The molecule has 0 unspecified atom stereocenters. The molecule has 2 heteroatoms. The van der Waals surface area contributed by atoms with Crippen LogP contribution in [0, 0.1) is 0 Å². The van der Waals surface area contributed by atoms with Gasteiger partial charge in [0.1, 0.15) is 0 Å². The van der Waals surface area contributed by atoms with Crippen molar-refractivity contribution in [2.24, 2.45) is 0 Å². The molecule has 1 rings (SSSR count). The van der Waals surface area contributed by atoms with Gasteiger partial charge in [-0.2, -0.15) is 0 Å². The van der Waals surface area contributed by atoms with Crippen molar-refractivity contribution in [1.29, 1.82) is 0 Å². The zero-order valence-electron chi connectivity index (χ0n) is 7.46. The van der Waals surface area contributed by atoms with Crippen LogP contribution < -0.4 is 10.6 Å². The number of hydrogen-bond acceptors (Lipinski definition) is 2. The third-order valence-electron chi connectivity index (χ3n) is 1.63. The van der Waals surface area contributed by atoms with Crippen LogP contribution in [0.5, 0.6) is 0 Å². The summed E-state index contributed by atoms with van der Waals surface area (Å²) in [6, 6.07) is 0. The molecule has 0 fully saturated rings. The summed E-state index contributed by atoms with van der Waals surface area (Å²) < 4.78 is 0. The second kappa shape index (κ2) is 4.44. The standard InChI is InChI=1S/C10H14N2/c1-3-4-9-5-7-12-8-6-10(9)11-2/h3-8,11-12H,1-2H3/b4-3+. The highest BCUT2D eigenvalue weighted by Crippen LogP contribution is 2.08. The summed E-state index contributed by atoms with van der Waals surface area (Å²) in [5.41, 5.74) is 2.30. The highest BCUT2D eigenvalue weighted by Gasteiger charge is 1.96. The Hall–Kier alpha value is -1.44. The topological polar surface area (TPSA) is 24.1 Å². The lowest BCUT2D eigenvalue weighted by atomic mass is 10.2. The zero-order valence-corrected chi connectivity index (χ0v) is 7.46. The smallest absolute Gasteiger partial charge is 0.0426 e. The molecule has 0 radical (unpaired) electrons. The summed E-state index contributed by atoms with van der Waals surface area (Å²) in [5, 5.41) is 6.15. The van der Waals surface area contributed by atoms with Gasteiger partial charge in [-0.25, -0.2) is 0 Å². The first kappa shape index (κ1) is 8.65. The third kappa shape index (κ3) is 2.02. The summed E-state index contributed by atoms with van der Waals surface area (Å²) in [6.07, 6.45) is 12.0. The van der Waals surface area contributed by atoms with Crippen molar-refractivity contribution in [2.45, 2.75) is 6.92 Å². The number of nitrogens with one attached hydrogen (secondary N) is 2. The van der Waals surface area contributed by atoms with E-state index in [1.54, 1.807) is 0 Å². The van der Waals surface area contributed by atoms with E-state index in [0.29, 0.717) is 0 Å². The largest absolute Gasteiger partial charge is 0.388 e. The predicted molar refractivity (Wildman–Crippen MR) is 52.3 cm³/mol. The van der Waals surface area contributed by atoms with Crippen molar-refractivity contribution < 1.29 is 0 Å². The van der Waals surface area contributed by atoms with E-state index in [4.69, 9.17) is 0 Å². The van der Waals surface area contributed by atoms with Gasteiger partial charge >= 0.3 is 0 Å². The molecule has 0 aromatic rings. The predicted octanol–water partition coefficient (Wildman–Crippen LogP) is 1.67. The lowest BCUT2D eigenvalue weighted by Crippen LogP contribution is -2.05. The van der Waals surface area contributed by atoms with Gasteiger partial charge in [0.05, 0.1) is 0 Å². The van der Waals surface area contributed by atoms with Gasteiger partial charge in [-0.1, -0.05) is 12.2 Å². The average Bonchev–Trinajstić information content (AvgIpc) is 2.30. The zero-order chi connectivity index (χ0) is 8.81. The molecule has 0 amide bonds. The normalized spacial score (nSPS) is 16.5. The molecule has 2 nitrogen and oxygen atoms in total. The van der Waals surface area contributed by atoms with Crippen LogP contribution in [0.25, 0.3) is 0 Å². The van der Waals surface area contributed by atoms with E-state index >= 15 is 0 Å². The van der Waals surface area contributed by atoms with Gasteiger partial charge in [-0.3, -0.25) is 0 Å². The highest BCUT2D eigenvalue weighted by molar-refractivity contribution is 5.41. The summed E-state index contributed by atoms with van der Waals surface area (Å²) in [6.45, 7) is 2.01. The van der Waals surface area contributed by atoms with Crippen LogP contribution in [0.15, 0.2) is 48.0 Å². The minimum atomic E-state index is 1.12. The monoisotopic (exact) mass is 162 g/mol. The Labute approximate surface area is 73.4 Å². The van der Waals surface area contributed by atoms with Crippen LogP contribution in [-0.2, 0) is 0 Å². The van der Waals surface area contributed by atoms with Crippen LogP contribution in [0.3, 0.4) is 0 Å². The molecular weight excluding hydrogens is 148 g/mol. The van der Waals surface area contributed by atoms with E-state index in [9.17, 15) is 0 Å². The molecule has 0 aliphatic carbocycles. The van der Waals surface area contributed by atoms with Gasteiger partial charge in [0.2, 0.25) is 0 Å². The molecule has 0 saturated carbocycles. The molecule has 12 heavy (non-hydrogen) atoms. The SMILES string of the molecule is C/C=C/C1=C(NC)C=CNC=C1. The van der Waals surface area contributed by atoms with E-state index in [0.717, 1.165) is 5.70 Å². The lowest BCUT2D eigenvalue weighted by Gasteiger charge is -2.02. The van der Waals surface area contributed by atoms with Crippen LogP contribution in [0.1, 0.15) is 6.92 Å². The Morgan fingerprint density at radius 3 is 2.75 bits per heavy atom. The molecule has 1 aliphatic rings. The summed E-state index contributed by atoms with van der Waals surface area (Å²) >= 11 is 0. The van der Waals surface area contributed by atoms with Gasteiger partial charge in [0, 0.05) is 25.1 Å². The highest BCUT2D eigenvalue weighted by atomic mass is 14.9. The van der Waals surface area contributed by atoms with E-state index in [1.165, 1.54) is 5.57 Å². The Morgan fingerprint density at radius 2 is 2.08 bits per heavy atom. The van der Waals surface area contributed by atoms with Gasteiger partial charge < -0.3 is 10.6 Å². The van der Waals surface area contributed by atoms with Crippen LogP contribution >= 0.6 is 0 Å². The third-order valence-corrected chi connectivity index (χ3v) is 1.63. The fourth-order valence-corrected chi connectivity index (χ4v) is 1.06. The quantitative estimate of drug-likeness (QED) is 0.645. The number of hydrogen-bond donors (Lipinski definition) is 2. The van der Waals surface area contributed by atoms with Crippen molar-refractivity contribution in [3.05, 3.63) is 48.0 Å². The Kier molecular flexibility index (Phi) is 3.20. The second-order valence-corrected chi connectivity index (χ2v) is 2.45. The first-order valence-electron chi connectivity index (χ1n) is 4.02. The number of likely N-dealkylation sites (N-methyl/N-ethyl adjacent to an activating group) is 1. The van der Waals surface area contributed by atoms with Crippen molar-refractivity contribution in [3.8, 4) is 0 Å². The first-order valence-corrected chi connectivity index (χ1v) is 4.02. The molecule has 0 saturated heterocycles. The minimum absolute atomic E-state index is 1.12. The van der Waals surface area contributed by atoms with E-state index in [-0.39, 0.29) is 0 Å². The molecule has 0 aromatic heterocycles. The molecular formula is C10H14N2. The second-order valence-electron chi connectivity index (χ2n) is 2.45. The van der Waals surface area contributed by atoms with Crippen molar-refractivity contribution >= 4 is 0 Å². The maximum Gasteiger partial charge on any atom is 0.0426 e. The fourth-order valence-electron chi connectivity index (χ4n) is 1.06. The van der Waals surface area contributed by atoms with Crippen molar-refractivity contribution in [2.75, 3.05) is 7.05 Å². The molecule has 64 valence electrons. The van der Waals surface area contributed by atoms with Crippen LogP contribution in [0.4, 0.5) is 0 Å². The minimum Gasteiger partial charge on any atom is -0.388 e. The Balaban J connectivity index is 2.98. The number of rotatable bonds is 2. The Bertz CT molecular complexity index is 257. The van der Waals surface area contributed by atoms with Crippen molar-refractivity contribution in [1.82, 2.24) is 10.6 Å². The molecule has 0 spiro atoms. The first-order chi connectivity index (χ1) is 5.88. The van der Waals surface area contributed by atoms with Gasteiger partial charge in [-0.05, 0) is 24.6 Å². The van der Waals surface area contributed by atoms with Crippen LogP contribution in [-0.4, -0.2) is 7.05 Å². The summed E-state index contributed by atoms with van der Waals surface area (Å²) in [4.78, 5) is 0. The Morgan fingerprint density at radius 1 is 1.33 bits per heavy atom. The lowest BCUT2D eigenvalue weighted by molar-refractivity contribution is 1.02. The maximum absolute atomic E-state index is 3.13. The fraction of sp³-hybridized carbons (Fsp3) is 0.200. The average molecular weight is 162 g/mol. The molecule has 0 bridgehead atoms. The molecule has 1 aliphatic heterocycles. The molecule has 0 aromatic carbocycles. The van der Waals surface area contributed by atoms with Gasteiger partial charge in [0.25, 0.3) is 0 Å². The van der Waals surface area contributed by atoms with Crippen LogP contribution in [0.2, 0.25) is 0 Å². The molecule has 2 N–H and O–H groups in total. The molecule has 0 atom stereocenters. The number of allylic oxidation sites excluding steroid dienone is 5. The van der Waals surface area contributed by atoms with E-state index in [1.807, 2.05) is 44.6 Å². The van der Waals surface area contributed by atoms with Gasteiger partial charge in [0.15, 0.2) is 0 Å². The summed E-state index contributed by atoms with van der Waals surface area (Å²) in [5.74, 6) is 0. The van der Waals surface area contributed by atoms with E-state index in [2.05, 4.69) is 16.7 Å². The van der Waals surface area contributed by atoms with E-state index < -0.39 is 0 Å². The summed E-state index contributed by atoms with van der Waals surface area (Å²) in [7, 11) is 1.92. The molecule has 1 heterocycles. The maximum atomic E-state index is 3.13. The van der Waals surface area contributed by atoms with Crippen molar-refractivity contribution in [3.63, 3.8) is 0 Å².